The van der Waals surface area contributed by atoms with Crippen molar-refractivity contribution in [3.8, 4) is 0 Å². The molecule has 3 nitrogen and oxygen atoms in total. The van der Waals surface area contributed by atoms with E-state index in [2.05, 4.69) is 6.92 Å². The first-order chi connectivity index (χ1) is 5.77. The van der Waals surface area contributed by atoms with Crippen molar-refractivity contribution in [2.24, 2.45) is 0 Å². The molecule has 3 unspecified atom stereocenters. The highest BCUT2D eigenvalue weighted by atomic mass is 28.3. The van der Waals surface area contributed by atoms with E-state index in [4.69, 9.17) is 13.3 Å². The van der Waals surface area contributed by atoms with Gasteiger partial charge in [-0.15, -0.1) is 0 Å². The zero-order valence-electron chi connectivity index (χ0n) is 8.08. The van der Waals surface area contributed by atoms with E-state index in [1.807, 2.05) is 6.55 Å². The fourth-order valence-corrected chi connectivity index (χ4v) is 2.16. The maximum atomic E-state index is 5.55. The van der Waals surface area contributed by atoms with Gasteiger partial charge in [0.15, 0.2) is 6.29 Å². The van der Waals surface area contributed by atoms with Crippen LogP contribution in [-0.4, -0.2) is 32.2 Å². The van der Waals surface area contributed by atoms with E-state index in [1.165, 1.54) is 12.8 Å². The summed E-state index contributed by atoms with van der Waals surface area (Å²) in [5, 5.41) is 0. The van der Waals surface area contributed by atoms with Gasteiger partial charge in [-0.1, -0.05) is 19.8 Å². The molecule has 0 bridgehead atoms. The summed E-state index contributed by atoms with van der Waals surface area (Å²) in [6, 6.07) is 0. The van der Waals surface area contributed by atoms with Crippen molar-refractivity contribution < 1.29 is 13.3 Å². The maximum Gasteiger partial charge on any atom is 0.309 e. The molecule has 5 heteroatoms. The molecule has 0 spiro atoms. The van der Waals surface area contributed by atoms with Gasteiger partial charge in [-0.2, -0.15) is 0 Å². The number of hydrogen-bond acceptors (Lipinski definition) is 3. The standard InChI is InChI=1S/C7H18O3Si2/c1-3-4-5-6-7(8-6)9-12(2)10-11/h6-7,12H,3-5H2,1-2,11H3. The number of epoxide rings is 1. The van der Waals surface area contributed by atoms with Crippen molar-refractivity contribution in [2.75, 3.05) is 0 Å². The van der Waals surface area contributed by atoms with E-state index >= 15 is 0 Å². The normalized spacial score (nSPS) is 30.5. The molecule has 0 aromatic carbocycles. The van der Waals surface area contributed by atoms with Crippen LogP contribution in [0, 0.1) is 0 Å². The highest BCUT2D eigenvalue weighted by Gasteiger charge is 2.40. The molecule has 1 aliphatic rings. The van der Waals surface area contributed by atoms with Gasteiger partial charge in [0.1, 0.15) is 16.6 Å². The van der Waals surface area contributed by atoms with Crippen LogP contribution < -0.4 is 0 Å². The van der Waals surface area contributed by atoms with Crippen molar-refractivity contribution in [1.82, 2.24) is 0 Å². The number of ether oxygens (including phenoxy) is 1. The second-order valence-electron chi connectivity index (χ2n) is 3.12. The molecule has 12 heavy (non-hydrogen) atoms. The first-order valence-electron chi connectivity index (χ1n) is 4.61. The van der Waals surface area contributed by atoms with Crippen LogP contribution in [0.5, 0.6) is 0 Å². The molecule has 0 aliphatic carbocycles. The van der Waals surface area contributed by atoms with Crippen molar-refractivity contribution in [1.29, 1.82) is 0 Å². The molecule has 1 rings (SSSR count). The molecular weight excluding hydrogens is 188 g/mol. The van der Waals surface area contributed by atoms with E-state index in [9.17, 15) is 0 Å². The van der Waals surface area contributed by atoms with Gasteiger partial charge in [-0.3, -0.25) is 0 Å². The van der Waals surface area contributed by atoms with Crippen LogP contribution in [0.3, 0.4) is 0 Å². The van der Waals surface area contributed by atoms with Gasteiger partial charge in [-0.25, -0.2) is 0 Å². The molecule has 0 amide bonds. The second kappa shape index (κ2) is 5.13. The lowest BCUT2D eigenvalue weighted by Crippen LogP contribution is -2.19. The van der Waals surface area contributed by atoms with Crippen molar-refractivity contribution in [2.45, 2.75) is 45.1 Å². The predicted octanol–water partition coefficient (Wildman–Crippen LogP) is 0.0654. The summed E-state index contributed by atoms with van der Waals surface area (Å²) in [5.74, 6) is 0. The van der Waals surface area contributed by atoms with Gasteiger partial charge in [0.05, 0.1) is 0 Å². The molecule has 0 aromatic heterocycles. The maximum absolute atomic E-state index is 5.55. The van der Waals surface area contributed by atoms with Gasteiger partial charge < -0.3 is 13.3 Å². The Morgan fingerprint density at radius 3 is 2.92 bits per heavy atom. The summed E-state index contributed by atoms with van der Waals surface area (Å²) in [6.07, 6.45) is 4.06. The van der Waals surface area contributed by atoms with E-state index in [0.717, 1.165) is 16.9 Å². The summed E-state index contributed by atoms with van der Waals surface area (Å²) in [5.41, 5.74) is 0. The Balaban J connectivity index is 2.00. The minimum Gasteiger partial charge on any atom is -0.447 e. The first kappa shape index (κ1) is 10.4. The van der Waals surface area contributed by atoms with E-state index in [-0.39, 0.29) is 6.29 Å². The average molecular weight is 206 g/mol. The van der Waals surface area contributed by atoms with Gasteiger partial charge in [-0.05, 0) is 13.0 Å². The highest BCUT2D eigenvalue weighted by Crippen LogP contribution is 2.28. The predicted molar refractivity (Wildman–Crippen MR) is 53.3 cm³/mol. The lowest BCUT2D eigenvalue weighted by atomic mass is 10.2. The first-order valence-corrected chi connectivity index (χ1v) is 7.53. The topological polar surface area (TPSA) is 31.0 Å². The fourth-order valence-electron chi connectivity index (χ4n) is 1.10. The molecule has 0 saturated carbocycles. The molecule has 3 atom stereocenters. The minimum absolute atomic E-state index is 0.0761. The van der Waals surface area contributed by atoms with Crippen LogP contribution in [0.2, 0.25) is 6.55 Å². The van der Waals surface area contributed by atoms with Crippen molar-refractivity contribution in [3.63, 3.8) is 0 Å². The van der Waals surface area contributed by atoms with Crippen molar-refractivity contribution >= 4 is 19.8 Å². The van der Waals surface area contributed by atoms with Gasteiger partial charge in [0.2, 0.25) is 0 Å². The number of hydrogen-bond donors (Lipinski definition) is 0. The Morgan fingerprint density at radius 1 is 1.58 bits per heavy atom. The summed E-state index contributed by atoms with van der Waals surface area (Å²) in [4.78, 5) is 0. The summed E-state index contributed by atoms with van der Waals surface area (Å²) >= 11 is 0. The average Bonchev–Trinajstić information content (AvgIpc) is 2.80. The monoisotopic (exact) mass is 206 g/mol. The van der Waals surface area contributed by atoms with Crippen LogP contribution >= 0.6 is 0 Å². The van der Waals surface area contributed by atoms with Crippen LogP contribution in [-0.2, 0) is 13.3 Å². The molecule has 1 saturated heterocycles. The molecule has 0 aromatic rings. The number of rotatable bonds is 6. The zero-order valence-corrected chi connectivity index (χ0v) is 11.2. The Labute approximate surface area is 78.8 Å². The zero-order chi connectivity index (χ0) is 8.97. The molecule has 0 radical (unpaired) electrons. The highest BCUT2D eigenvalue weighted by molar-refractivity contribution is 6.47. The molecule has 1 aliphatic heterocycles. The quantitative estimate of drug-likeness (QED) is 0.455. The third-order valence-electron chi connectivity index (χ3n) is 2.04. The van der Waals surface area contributed by atoms with E-state index in [1.54, 1.807) is 0 Å². The third kappa shape index (κ3) is 3.36. The van der Waals surface area contributed by atoms with E-state index < -0.39 is 9.28 Å². The number of unbranched alkanes of at least 4 members (excludes halogenated alkanes) is 1. The van der Waals surface area contributed by atoms with Gasteiger partial charge >= 0.3 is 9.28 Å². The molecule has 1 heterocycles. The van der Waals surface area contributed by atoms with Gasteiger partial charge in [0.25, 0.3) is 0 Å². The lowest BCUT2D eigenvalue weighted by Gasteiger charge is -2.06. The molecular formula is C7H18O3Si2. The van der Waals surface area contributed by atoms with Crippen LogP contribution in [0.25, 0.3) is 0 Å². The lowest BCUT2D eigenvalue weighted by molar-refractivity contribution is 0.157. The largest absolute Gasteiger partial charge is 0.447 e. The summed E-state index contributed by atoms with van der Waals surface area (Å²) < 4.78 is 16.1. The Hall–Kier alpha value is 0.314. The fraction of sp³-hybridized carbons (Fsp3) is 1.00. The van der Waals surface area contributed by atoms with Crippen LogP contribution in [0.15, 0.2) is 0 Å². The van der Waals surface area contributed by atoms with Crippen LogP contribution in [0.4, 0.5) is 0 Å². The summed E-state index contributed by atoms with van der Waals surface area (Å²) in [6.45, 7) is 4.24. The molecule has 72 valence electrons. The smallest absolute Gasteiger partial charge is 0.309 e. The van der Waals surface area contributed by atoms with Crippen molar-refractivity contribution in [3.05, 3.63) is 0 Å². The third-order valence-corrected chi connectivity index (χ3v) is 5.34. The Kier molecular flexibility index (Phi) is 4.45. The SMILES string of the molecule is CCCCC1OC1O[SiH](C)O[SiH3]. The summed E-state index contributed by atoms with van der Waals surface area (Å²) in [7, 11) is -0.529. The molecule has 1 fully saturated rings. The Morgan fingerprint density at radius 2 is 2.33 bits per heavy atom. The Bertz CT molecular complexity index is 134. The van der Waals surface area contributed by atoms with Gasteiger partial charge in [0, 0.05) is 0 Å². The second-order valence-corrected chi connectivity index (χ2v) is 6.42. The van der Waals surface area contributed by atoms with E-state index in [0.29, 0.717) is 6.10 Å². The minimum atomic E-state index is -1.31. The molecule has 0 N–H and O–H groups in total. The van der Waals surface area contributed by atoms with Crippen LogP contribution in [0.1, 0.15) is 26.2 Å².